The third kappa shape index (κ3) is 1.68. The van der Waals surface area contributed by atoms with Crippen molar-refractivity contribution in [3.05, 3.63) is 54.5 Å². The van der Waals surface area contributed by atoms with E-state index in [1.54, 1.807) is 12.3 Å². The van der Waals surface area contributed by atoms with Gasteiger partial charge in [0.25, 0.3) is 0 Å². The van der Waals surface area contributed by atoms with Crippen LogP contribution in [0.15, 0.2) is 48.9 Å². The maximum atomic E-state index is 9.21. The van der Waals surface area contributed by atoms with E-state index in [-0.39, 0.29) is 0 Å². The SMILES string of the molecule is N#Cc1cc2ccccc2nc1-c1ccncn1. The summed E-state index contributed by atoms with van der Waals surface area (Å²) in [7, 11) is 0. The topological polar surface area (TPSA) is 62.5 Å². The van der Waals surface area contributed by atoms with Crippen molar-refractivity contribution in [3.8, 4) is 17.5 Å². The van der Waals surface area contributed by atoms with E-state index < -0.39 is 0 Å². The molecular formula is C14H8N4. The highest BCUT2D eigenvalue weighted by molar-refractivity contribution is 5.83. The van der Waals surface area contributed by atoms with Gasteiger partial charge in [0.2, 0.25) is 0 Å². The van der Waals surface area contributed by atoms with E-state index in [1.807, 2.05) is 30.3 Å². The number of para-hydroxylation sites is 1. The van der Waals surface area contributed by atoms with Crippen LogP contribution in [-0.4, -0.2) is 15.0 Å². The first-order chi connectivity index (χ1) is 8.88. The Labute approximate surface area is 104 Å². The maximum absolute atomic E-state index is 9.21. The van der Waals surface area contributed by atoms with Crippen LogP contribution >= 0.6 is 0 Å². The van der Waals surface area contributed by atoms with Gasteiger partial charge >= 0.3 is 0 Å². The molecule has 1 aromatic carbocycles. The minimum absolute atomic E-state index is 0.521. The van der Waals surface area contributed by atoms with E-state index in [9.17, 15) is 5.26 Å². The molecule has 0 amide bonds. The monoisotopic (exact) mass is 232 g/mol. The third-order valence-corrected chi connectivity index (χ3v) is 2.67. The number of pyridine rings is 1. The van der Waals surface area contributed by atoms with Crippen LogP contribution in [-0.2, 0) is 0 Å². The highest BCUT2D eigenvalue weighted by atomic mass is 14.8. The summed E-state index contributed by atoms with van der Waals surface area (Å²) >= 11 is 0. The lowest BCUT2D eigenvalue weighted by atomic mass is 10.1. The van der Waals surface area contributed by atoms with Gasteiger partial charge in [-0.1, -0.05) is 18.2 Å². The maximum Gasteiger partial charge on any atom is 0.116 e. The van der Waals surface area contributed by atoms with Gasteiger partial charge in [0.15, 0.2) is 0 Å². The summed E-state index contributed by atoms with van der Waals surface area (Å²) in [5.74, 6) is 0. The molecule has 2 heterocycles. The molecule has 3 aromatic rings. The van der Waals surface area contributed by atoms with Crippen molar-refractivity contribution < 1.29 is 0 Å². The second kappa shape index (κ2) is 4.22. The Morgan fingerprint density at radius 3 is 2.78 bits per heavy atom. The number of benzene rings is 1. The van der Waals surface area contributed by atoms with E-state index in [2.05, 4.69) is 21.0 Å². The Bertz CT molecular complexity index is 745. The normalized spacial score (nSPS) is 10.2. The fourth-order valence-corrected chi connectivity index (χ4v) is 1.83. The molecule has 0 spiro atoms. The Morgan fingerprint density at radius 2 is 2.00 bits per heavy atom. The van der Waals surface area contributed by atoms with Gasteiger partial charge in [-0.25, -0.2) is 15.0 Å². The van der Waals surface area contributed by atoms with Crippen molar-refractivity contribution in [2.45, 2.75) is 0 Å². The summed E-state index contributed by atoms with van der Waals surface area (Å²) < 4.78 is 0. The van der Waals surface area contributed by atoms with Crippen molar-refractivity contribution in [3.63, 3.8) is 0 Å². The number of aromatic nitrogens is 3. The smallest absolute Gasteiger partial charge is 0.116 e. The van der Waals surface area contributed by atoms with Crippen LogP contribution in [0.2, 0.25) is 0 Å². The summed E-state index contributed by atoms with van der Waals surface area (Å²) in [6.45, 7) is 0. The lowest BCUT2D eigenvalue weighted by Crippen LogP contribution is -1.93. The number of hydrogen-bond donors (Lipinski definition) is 0. The highest BCUT2D eigenvalue weighted by Crippen LogP contribution is 2.23. The fourth-order valence-electron chi connectivity index (χ4n) is 1.83. The number of nitriles is 1. The summed E-state index contributed by atoms with van der Waals surface area (Å²) in [6.07, 6.45) is 3.09. The molecule has 0 unspecified atom stereocenters. The molecule has 0 N–H and O–H groups in total. The molecule has 84 valence electrons. The average molecular weight is 232 g/mol. The summed E-state index contributed by atoms with van der Waals surface area (Å²) in [4.78, 5) is 12.5. The number of rotatable bonds is 1. The van der Waals surface area contributed by atoms with Gasteiger partial charge in [0, 0.05) is 11.6 Å². The van der Waals surface area contributed by atoms with Crippen molar-refractivity contribution >= 4 is 10.9 Å². The zero-order valence-electron chi connectivity index (χ0n) is 9.41. The second-order valence-electron chi connectivity index (χ2n) is 3.78. The zero-order valence-corrected chi connectivity index (χ0v) is 9.41. The number of hydrogen-bond acceptors (Lipinski definition) is 4. The van der Waals surface area contributed by atoms with Crippen LogP contribution < -0.4 is 0 Å². The lowest BCUT2D eigenvalue weighted by Gasteiger charge is -2.04. The van der Waals surface area contributed by atoms with Gasteiger partial charge in [0.1, 0.15) is 18.1 Å². The van der Waals surface area contributed by atoms with Crippen LogP contribution in [0.4, 0.5) is 0 Å². The largest absolute Gasteiger partial charge is 0.245 e. The minimum Gasteiger partial charge on any atom is -0.245 e. The molecule has 0 saturated heterocycles. The third-order valence-electron chi connectivity index (χ3n) is 2.67. The number of fused-ring (bicyclic) bond motifs is 1. The molecular weight excluding hydrogens is 224 g/mol. The predicted molar refractivity (Wildman–Crippen MR) is 67.5 cm³/mol. The second-order valence-corrected chi connectivity index (χ2v) is 3.78. The van der Waals surface area contributed by atoms with E-state index in [0.29, 0.717) is 17.0 Å². The average Bonchev–Trinajstić information content (AvgIpc) is 2.46. The van der Waals surface area contributed by atoms with Crippen molar-refractivity contribution in [2.24, 2.45) is 0 Å². The molecule has 4 heteroatoms. The van der Waals surface area contributed by atoms with Gasteiger partial charge in [-0.3, -0.25) is 0 Å². The molecule has 0 fully saturated rings. The van der Waals surface area contributed by atoms with Crippen LogP contribution in [0, 0.1) is 11.3 Å². The van der Waals surface area contributed by atoms with E-state index in [0.717, 1.165) is 10.9 Å². The molecule has 0 saturated carbocycles. The van der Waals surface area contributed by atoms with Crippen molar-refractivity contribution in [1.29, 1.82) is 5.26 Å². The van der Waals surface area contributed by atoms with Crippen LogP contribution in [0.25, 0.3) is 22.3 Å². The molecule has 0 aliphatic heterocycles. The minimum atomic E-state index is 0.521. The zero-order chi connectivity index (χ0) is 12.4. The van der Waals surface area contributed by atoms with E-state index in [4.69, 9.17) is 0 Å². The van der Waals surface area contributed by atoms with Gasteiger partial charge in [-0.2, -0.15) is 5.26 Å². The van der Waals surface area contributed by atoms with Crippen LogP contribution in [0.5, 0.6) is 0 Å². The molecule has 0 aliphatic carbocycles. The van der Waals surface area contributed by atoms with Crippen LogP contribution in [0.3, 0.4) is 0 Å². The molecule has 0 radical (unpaired) electrons. The highest BCUT2D eigenvalue weighted by Gasteiger charge is 2.09. The summed E-state index contributed by atoms with van der Waals surface area (Å²) in [5.41, 5.74) is 2.63. The molecule has 18 heavy (non-hydrogen) atoms. The molecule has 0 aliphatic rings. The van der Waals surface area contributed by atoms with E-state index >= 15 is 0 Å². The molecule has 3 rings (SSSR count). The first-order valence-electron chi connectivity index (χ1n) is 5.45. The molecule has 0 atom stereocenters. The van der Waals surface area contributed by atoms with Gasteiger partial charge < -0.3 is 0 Å². The lowest BCUT2D eigenvalue weighted by molar-refractivity contribution is 1.16. The first kappa shape index (κ1) is 10.4. The van der Waals surface area contributed by atoms with Gasteiger partial charge in [-0.15, -0.1) is 0 Å². The quantitative estimate of drug-likeness (QED) is 0.646. The van der Waals surface area contributed by atoms with Crippen LogP contribution in [0.1, 0.15) is 5.56 Å². The standard InChI is InChI=1S/C14H8N4/c15-8-11-7-10-3-1-2-4-12(10)18-14(11)13-5-6-16-9-17-13/h1-7,9H. The molecule has 0 bridgehead atoms. The fraction of sp³-hybridized carbons (Fsp3) is 0. The van der Waals surface area contributed by atoms with Gasteiger partial charge in [0.05, 0.1) is 16.8 Å². The Hall–Kier alpha value is -2.80. The summed E-state index contributed by atoms with van der Waals surface area (Å²) in [6, 6.07) is 13.4. The Kier molecular flexibility index (Phi) is 2.43. The molecule has 2 aromatic heterocycles. The summed E-state index contributed by atoms with van der Waals surface area (Å²) in [5, 5.41) is 10.2. The van der Waals surface area contributed by atoms with E-state index in [1.165, 1.54) is 6.33 Å². The molecule has 4 nitrogen and oxygen atoms in total. The van der Waals surface area contributed by atoms with Crippen molar-refractivity contribution in [2.75, 3.05) is 0 Å². The Morgan fingerprint density at radius 1 is 1.11 bits per heavy atom. The first-order valence-corrected chi connectivity index (χ1v) is 5.45. The van der Waals surface area contributed by atoms with Crippen molar-refractivity contribution in [1.82, 2.24) is 15.0 Å². The predicted octanol–water partition coefficient (Wildman–Crippen LogP) is 2.56. The number of nitrogens with zero attached hydrogens (tertiary/aromatic N) is 4. The Balaban J connectivity index is 2.32. The van der Waals surface area contributed by atoms with Gasteiger partial charge in [-0.05, 0) is 18.2 Å².